The normalized spacial score (nSPS) is 13.5. The van der Waals surface area contributed by atoms with E-state index in [0.717, 1.165) is 32.1 Å². The Hall–Kier alpha value is -0.500. The lowest BCUT2D eigenvalue weighted by Crippen LogP contribution is -2.37. The predicted octanol–water partition coefficient (Wildman–Crippen LogP) is 15.8. The molecule has 0 saturated heterocycles. The average molecular weight is 888 g/mol. The van der Waals surface area contributed by atoms with Gasteiger partial charge in [-0.1, -0.05) is 251 Å². The first-order valence-corrected chi connectivity index (χ1v) is 28.2. The van der Waals surface area contributed by atoms with Crippen LogP contribution in [0.25, 0.3) is 0 Å². The summed E-state index contributed by atoms with van der Waals surface area (Å²) in [5, 5.41) is 0. The largest absolute Gasteiger partial charge is 0.756 e. The summed E-state index contributed by atoms with van der Waals surface area (Å²) in [6, 6.07) is 0. The number of phosphoric acid groups is 1. The third-order valence-electron chi connectivity index (χ3n) is 12.2. The fraction of sp³-hybridized carbons (Fsp3) is 0.981. The molecule has 2 atom stereocenters. The van der Waals surface area contributed by atoms with Crippen LogP contribution in [-0.4, -0.2) is 70.7 Å². The van der Waals surface area contributed by atoms with Gasteiger partial charge in [-0.2, -0.15) is 0 Å². The van der Waals surface area contributed by atoms with Crippen LogP contribution in [0.1, 0.15) is 271 Å². The Kier molecular flexibility index (Phi) is 45.7. The molecule has 0 N–H and O–H groups in total. The predicted molar refractivity (Wildman–Crippen MR) is 259 cm³/mol. The second kappa shape index (κ2) is 46.0. The van der Waals surface area contributed by atoms with E-state index in [9.17, 15) is 14.3 Å². The average Bonchev–Trinajstić information content (AvgIpc) is 3.22. The first-order valence-electron chi connectivity index (χ1n) is 26.8. The summed E-state index contributed by atoms with van der Waals surface area (Å²) >= 11 is 0. The van der Waals surface area contributed by atoms with Crippen LogP contribution in [0.15, 0.2) is 0 Å². The molecule has 0 aromatic carbocycles. The molecule has 366 valence electrons. The van der Waals surface area contributed by atoms with E-state index in [2.05, 4.69) is 13.8 Å². The summed E-state index contributed by atoms with van der Waals surface area (Å²) < 4.78 is 34.8. The zero-order valence-electron chi connectivity index (χ0n) is 41.6. The number of hydrogen-bond donors (Lipinski definition) is 0. The number of esters is 1. The van der Waals surface area contributed by atoms with Gasteiger partial charge >= 0.3 is 5.97 Å². The van der Waals surface area contributed by atoms with Crippen molar-refractivity contribution in [3.8, 4) is 0 Å². The van der Waals surface area contributed by atoms with Crippen molar-refractivity contribution >= 4 is 13.8 Å². The minimum absolute atomic E-state index is 0.0318. The van der Waals surface area contributed by atoms with Gasteiger partial charge < -0.3 is 27.9 Å². The molecule has 0 amide bonds. The molecule has 0 aliphatic rings. The minimum atomic E-state index is -4.52. The van der Waals surface area contributed by atoms with Crippen molar-refractivity contribution in [2.75, 3.05) is 54.1 Å². The van der Waals surface area contributed by atoms with Gasteiger partial charge in [0.05, 0.1) is 34.4 Å². The molecule has 0 heterocycles. The number of carbonyl (C=O) groups is 1. The van der Waals surface area contributed by atoms with Crippen LogP contribution in [0, 0.1) is 0 Å². The Labute approximate surface area is 380 Å². The maximum absolute atomic E-state index is 12.8. The van der Waals surface area contributed by atoms with Crippen LogP contribution in [0.2, 0.25) is 0 Å². The van der Waals surface area contributed by atoms with Gasteiger partial charge in [0.15, 0.2) is 0 Å². The quantitative estimate of drug-likeness (QED) is 0.0260. The zero-order chi connectivity index (χ0) is 44.8. The zero-order valence-corrected chi connectivity index (χ0v) is 42.5. The highest BCUT2D eigenvalue weighted by molar-refractivity contribution is 7.45. The summed E-state index contributed by atoms with van der Waals surface area (Å²) in [6.07, 6.45) is 51.3. The van der Waals surface area contributed by atoms with Gasteiger partial charge in [-0.3, -0.25) is 9.36 Å². The van der Waals surface area contributed by atoms with Crippen LogP contribution in [0.4, 0.5) is 0 Å². The molecule has 0 rings (SSSR count). The van der Waals surface area contributed by atoms with Crippen LogP contribution in [0.5, 0.6) is 0 Å². The van der Waals surface area contributed by atoms with E-state index in [-0.39, 0.29) is 25.8 Å². The van der Waals surface area contributed by atoms with E-state index in [1.807, 2.05) is 21.1 Å². The van der Waals surface area contributed by atoms with Gasteiger partial charge in [-0.25, -0.2) is 0 Å². The van der Waals surface area contributed by atoms with E-state index in [4.69, 9.17) is 18.5 Å². The summed E-state index contributed by atoms with van der Waals surface area (Å²) in [5.74, 6) is -0.324. The Bertz CT molecular complexity index is 945. The molecule has 0 aliphatic carbocycles. The van der Waals surface area contributed by atoms with Crippen molar-refractivity contribution in [2.45, 2.75) is 277 Å². The van der Waals surface area contributed by atoms with Gasteiger partial charge in [-0.15, -0.1) is 0 Å². The number of phosphoric ester groups is 1. The highest BCUT2D eigenvalue weighted by Gasteiger charge is 2.20. The van der Waals surface area contributed by atoms with Crippen molar-refractivity contribution in [3.63, 3.8) is 0 Å². The van der Waals surface area contributed by atoms with Crippen LogP contribution >= 0.6 is 7.82 Å². The molecular weight excluding hydrogens is 782 g/mol. The van der Waals surface area contributed by atoms with Crippen LogP contribution in [-0.2, 0) is 27.9 Å². The number of rotatable bonds is 51. The molecule has 0 aromatic rings. The summed E-state index contributed by atoms with van der Waals surface area (Å²) in [7, 11) is 1.38. The van der Waals surface area contributed by atoms with Crippen molar-refractivity contribution < 1.29 is 37.3 Å². The number of carbonyl (C=O) groups excluding carboxylic acids is 1. The van der Waals surface area contributed by atoms with Crippen LogP contribution < -0.4 is 4.89 Å². The Morgan fingerprint density at radius 1 is 0.443 bits per heavy atom. The molecule has 1 unspecified atom stereocenters. The van der Waals surface area contributed by atoms with Gasteiger partial charge in [0, 0.05) is 13.0 Å². The maximum atomic E-state index is 12.8. The number of quaternary nitrogens is 1. The highest BCUT2D eigenvalue weighted by Crippen LogP contribution is 2.38. The monoisotopic (exact) mass is 888 g/mol. The highest BCUT2D eigenvalue weighted by atomic mass is 31.2. The third kappa shape index (κ3) is 50.4. The molecule has 0 aromatic heterocycles. The van der Waals surface area contributed by atoms with Crippen molar-refractivity contribution in [3.05, 3.63) is 0 Å². The standard InChI is InChI=1S/C52H106NO7P/c1-6-8-10-12-14-16-18-20-22-24-26-27-28-29-31-33-35-37-39-41-43-45-52(54)60-51(50-59-61(55,56)58-48-46-53(3,4)5)49-57-47-44-42-40-38-36-34-32-30-25-23-21-19-17-15-13-11-9-7-2/h51H,6-50H2,1-5H3/t51-/m1/s1. The molecule has 8 nitrogen and oxygen atoms in total. The Morgan fingerprint density at radius 3 is 1.08 bits per heavy atom. The van der Waals surface area contributed by atoms with E-state index in [1.54, 1.807) is 0 Å². The van der Waals surface area contributed by atoms with Gasteiger partial charge in [0.1, 0.15) is 19.3 Å². The lowest BCUT2D eigenvalue weighted by Gasteiger charge is -2.28. The Balaban J connectivity index is 4.06. The second-order valence-electron chi connectivity index (χ2n) is 19.6. The van der Waals surface area contributed by atoms with Crippen LogP contribution in [0.3, 0.4) is 0 Å². The van der Waals surface area contributed by atoms with Gasteiger partial charge in [0.25, 0.3) is 7.82 Å². The molecule has 0 saturated carbocycles. The summed E-state index contributed by atoms with van der Waals surface area (Å²) in [6.45, 7) is 5.50. The molecule has 9 heteroatoms. The number of unbranched alkanes of at least 4 members (excludes halogenated alkanes) is 37. The second-order valence-corrected chi connectivity index (χ2v) is 21.0. The first-order chi connectivity index (χ1) is 29.6. The lowest BCUT2D eigenvalue weighted by atomic mass is 10.0. The number of ether oxygens (including phenoxy) is 2. The molecule has 0 radical (unpaired) electrons. The molecule has 0 spiro atoms. The Morgan fingerprint density at radius 2 is 0.754 bits per heavy atom. The van der Waals surface area contributed by atoms with Crippen molar-refractivity contribution in [1.82, 2.24) is 0 Å². The topological polar surface area (TPSA) is 94.1 Å². The summed E-state index contributed by atoms with van der Waals surface area (Å²) in [5.41, 5.74) is 0. The van der Waals surface area contributed by atoms with Gasteiger partial charge in [0.2, 0.25) is 0 Å². The number of likely N-dealkylation sites (N-methyl/N-ethyl adjacent to an activating group) is 1. The van der Waals surface area contributed by atoms with Gasteiger partial charge in [-0.05, 0) is 12.8 Å². The minimum Gasteiger partial charge on any atom is -0.756 e. The number of nitrogens with zero attached hydrogens (tertiary/aromatic N) is 1. The van der Waals surface area contributed by atoms with E-state index >= 15 is 0 Å². The third-order valence-corrected chi connectivity index (χ3v) is 13.1. The molecule has 0 fully saturated rings. The van der Waals surface area contributed by atoms with E-state index in [1.165, 1.54) is 218 Å². The fourth-order valence-electron chi connectivity index (χ4n) is 8.02. The SMILES string of the molecule is CCCCCCCCCCCCCCCCCCCCCCCC(=O)O[C@H](COCCCCCCCCCCCCCCCCCCCC)COP(=O)([O-])OCC[N+](C)(C)C. The molecule has 0 bridgehead atoms. The van der Waals surface area contributed by atoms with Crippen molar-refractivity contribution in [1.29, 1.82) is 0 Å². The lowest BCUT2D eigenvalue weighted by molar-refractivity contribution is -0.870. The molecule has 61 heavy (non-hydrogen) atoms. The molecular formula is C52H106NO7P. The van der Waals surface area contributed by atoms with E-state index in [0.29, 0.717) is 24.1 Å². The number of hydrogen-bond acceptors (Lipinski definition) is 7. The van der Waals surface area contributed by atoms with Crippen molar-refractivity contribution in [2.24, 2.45) is 0 Å². The maximum Gasteiger partial charge on any atom is 0.306 e. The summed E-state index contributed by atoms with van der Waals surface area (Å²) in [4.78, 5) is 25.2. The first kappa shape index (κ1) is 60.5. The fourth-order valence-corrected chi connectivity index (χ4v) is 8.75. The molecule has 0 aliphatic heterocycles. The smallest absolute Gasteiger partial charge is 0.306 e. The van der Waals surface area contributed by atoms with E-state index < -0.39 is 13.9 Å².